The molecule has 2 atom stereocenters. The van der Waals surface area contributed by atoms with Crippen molar-refractivity contribution in [2.75, 3.05) is 0 Å². The summed E-state index contributed by atoms with van der Waals surface area (Å²) in [7, 11) is 0. The first-order chi connectivity index (χ1) is 12.2. The monoisotopic (exact) mass is 348 g/mol. The first-order valence-corrected chi connectivity index (χ1v) is 9.33. The average Bonchev–Trinajstić information content (AvgIpc) is 2.67. The zero-order valence-electron chi connectivity index (χ0n) is 15.3. The molecular weight excluding hydrogens is 316 g/mol. The second-order valence-electron chi connectivity index (χ2n) is 7.08. The van der Waals surface area contributed by atoms with E-state index in [-0.39, 0.29) is 7.43 Å². The van der Waals surface area contributed by atoms with E-state index in [9.17, 15) is 0 Å². The summed E-state index contributed by atoms with van der Waals surface area (Å²) < 4.78 is 0. The molecule has 1 N–H and O–H groups in total. The Morgan fingerprint density at radius 3 is 2.54 bits per heavy atom. The minimum Gasteiger partial charge on any atom is -0.310 e. The van der Waals surface area contributed by atoms with E-state index in [4.69, 9.17) is 0 Å². The maximum atomic E-state index is 4.17. The molecule has 0 aliphatic carbocycles. The van der Waals surface area contributed by atoms with Gasteiger partial charge in [0.2, 0.25) is 0 Å². The largest absolute Gasteiger partial charge is 0.310 e. The minimum atomic E-state index is 0. The summed E-state index contributed by atoms with van der Waals surface area (Å²) in [5, 5.41) is 6.13. The molecule has 0 saturated heterocycles. The molecule has 2 nitrogen and oxygen atoms in total. The van der Waals surface area contributed by atoms with Gasteiger partial charge < -0.3 is 5.32 Å². The standard InChI is InChI=1S/C23H28N2.CH4/c1-18(21-9-4-3-5-10-21)7-6-8-19(2)25-16-20-11-12-23-17-24-14-13-22(23)15-20;/h3-5,9-15,17-19,25H,6-8,16H2,1-2H3;1H4/t18-,19-;/m1./s1. The lowest BCUT2D eigenvalue weighted by Gasteiger charge is -2.16. The van der Waals surface area contributed by atoms with Crippen LogP contribution in [0.3, 0.4) is 0 Å². The molecule has 3 rings (SSSR count). The lowest BCUT2D eigenvalue weighted by Crippen LogP contribution is -2.25. The topological polar surface area (TPSA) is 24.9 Å². The predicted molar refractivity (Wildman–Crippen MR) is 113 cm³/mol. The number of pyridine rings is 1. The van der Waals surface area contributed by atoms with E-state index in [0.717, 1.165) is 6.54 Å². The molecule has 0 saturated carbocycles. The van der Waals surface area contributed by atoms with Crippen molar-refractivity contribution < 1.29 is 0 Å². The fraction of sp³-hybridized carbons (Fsp3) is 0.375. The Bertz CT molecular complexity index is 782. The normalized spacial score (nSPS) is 13.2. The fourth-order valence-electron chi connectivity index (χ4n) is 3.32. The number of nitrogens with one attached hydrogen (secondary N) is 1. The smallest absolute Gasteiger partial charge is 0.0346 e. The number of aromatic nitrogens is 1. The highest BCUT2D eigenvalue weighted by Gasteiger charge is 2.07. The van der Waals surface area contributed by atoms with Crippen molar-refractivity contribution in [2.24, 2.45) is 0 Å². The third-order valence-electron chi connectivity index (χ3n) is 5.00. The maximum Gasteiger partial charge on any atom is 0.0346 e. The fourth-order valence-corrected chi connectivity index (χ4v) is 3.32. The predicted octanol–water partition coefficient (Wildman–Crippen LogP) is 6.32. The molecule has 26 heavy (non-hydrogen) atoms. The van der Waals surface area contributed by atoms with Crippen molar-refractivity contribution in [1.82, 2.24) is 10.3 Å². The van der Waals surface area contributed by atoms with Gasteiger partial charge in [0.25, 0.3) is 0 Å². The van der Waals surface area contributed by atoms with Crippen molar-refractivity contribution in [1.29, 1.82) is 0 Å². The molecule has 2 heteroatoms. The molecule has 0 aliphatic heterocycles. The van der Waals surface area contributed by atoms with E-state index in [2.05, 4.69) is 78.7 Å². The Labute approximate surface area is 158 Å². The first-order valence-electron chi connectivity index (χ1n) is 9.33. The van der Waals surface area contributed by atoms with Crippen LogP contribution in [0.2, 0.25) is 0 Å². The van der Waals surface area contributed by atoms with E-state index < -0.39 is 0 Å². The van der Waals surface area contributed by atoms with Crippen molar-refractivity contribution in [3.05, 3.63) is 78.1 Å². The summed E-state index contributed by atoms with van der Waals surface area (Å²) in [6.07, 6.45) is 7.50. The van der Waals surface area contributed by atoms with Gasteiger partial charge in [-0.25, -0.2) is 0 Å². The van der Waals surface area contributed by atoms with Crippen LogP contribution in [0.15, 0.2) is 67.0 Å². The highest BCUT2D eigenvalue weighted by molar-refractivity contribution is 5.81. The van der Waals surface area contributed by atoms with Gasteiger partial charge in [0.05, 0.1) is 0 Å². The Morgan fingerprint density at radius 2 is 1.73 bits per heavy atom. The molecular formula is C24H32N2. The lowest BCUT2D eigenvalue weighted by atomic mass is 9.94. The molecule has 1 heterocycles. The minimum absolute atomic E-state index is 0. The number of hydrogen-bond acceptors (Lipinski definition) is 2. The zero-order valence-corrected chi connectivity index (χ0v) is 15.3. The van der Waals surface area contributed by atoms with Crippen LogP contribution in [0.5, 0.6) is 0 Å². The van der Waals surface area contributed by atoms with E-state index in [1.165, 1.54) is 41.2 Å². The summed E-state index contributed by atoms with van der Waals surface area (Å²) in [6.45, 7) is 5.54. The Kier molecular flexibility index (Phi) is 7.80. The van der Waals surface area contributed by atoms with Crippen molar-refractivity contribution in [3.63, 3.8) is 0 Å². The second kappa shape index (κ2) is 10.1. The van der Waals surface area contributed by atoms with Crippen LogP contribution < -0.4 is 5.32 Å². The number of fused-ring (bicyclic) bond motifs is 1. The van der Waals surface area contributed by atoms with Crippen molar-refractivity contribution in [2.45, 2.75) is 59.0 Å². The summed E-state index contributed by atoms with van der Waals surface area (Å²) in [6, 6.07) is 20.1. The van der Waals surface area contributed by atoms with E-state index in [0.29, 0.717) is 12.0 Å². The van der Waals surface area contributed by atoms with Gasteiger partial charge >= 0.3 is 0 Å². The van der Waals surface area contributed by atoms with Gasteiger partial charge in [-0.2, -0.15) is 0 Å². The molecule has 138 valence electrons. The molecule has 2 aromatic carbocycles. The quantitative estimate of drug-likeness (QED) is 0.515. The van der Waals surface area contributed by atoms with Gasteiger partial charge in [0, 0.05) is 30.4 Å². The number of nitrogens with zero attached hydrogens (tertiary/aromatic N) is 1. The van der Waals surface area contributed by atoms with Crippen LogP contribution in [0, 0.1) is 0 Å². The molecule has 3 aromatic rings. The molecule has 0 aliphatic rings. The van der Waals surface area contributed by atoms with Crippen LogP contribution >= 0.6 is 0 Å². The highest BCUT2D eigenvalue weighted by Crippen LogP contribution is 2.21. The van der Waals surface area contributed by atoms with Gasteiger partial charge in [0.15, 0.2) is 0 Å². The molecule has 1 aromatic heterocycles. The average molecular weight is 349 g/mol. The third-order valence-corrected chi connectivity index (χ3v) is 5.00. The molecule has 0 fully saturated rings. The number of hydrogen-bond donors (Lipinski definition) is 1. The van der Waals surface area contributed by atoms with Gasteiger partial charge in [-0.05, 0) is 54.3 Å². The Morgan fingerprint density at radius 1 is 0.923 bits per heavy atom. The van der Waals surface area contributed by atoms with E-state index in [1.54, 1.807) is 0 Å². The van der Waals surface area contributed by atoms with Crippen LogP contribution in [-0.2, 0) is 6.54 Å². The Balaban J connectivity index is 0.00000243. The third kappa shape index (κ3) is 5.67. The summed E-state index contributed by atoms with van der Waals surface area (Å²) in [4.78, 5) is 4.17. The lowest BCUT2D eigenvalue weighted by molar-refractivity contribution is 0.476. The van der Waals surface area contributed by atoms with Crippen molar-refractivity contribution >= 4 is 10.8 Å². The van der Waals surface area contributed by atoms with Crippen LogP contribution in [0.4, 0.5) is 0 Å². The van der Waals surface area contributed by atoms with Crippen molar-refractivity contribution in [3.8, 4) is 0 Å². The summed E-state index contributed by atoms with van der Waals surface area (Å²) in [5.41, 5.74) is 2.79. The van der Waals surface area contributed by atoms with Gasteiger partial charge in [-0.3, -0.25) is 4.98 Å². The van der Waals surface area contributed by atoms with Crippen LogP contribution in [0.1, 0.15) is 57.6 Å². The highest BCUT2D eigenvalue weighted by atomic mass is 14.9. The first kappa shape index (κ1) is 20.1. The maximum absolute atomic E-state index is 4.17. The SMILES string of the molecule is C.C[C@H](CCC[C@@H](C)c1ccccc1)NCc1ccc2cnccc2c1. The van der Waals surface area contributed by atoms with Gasteiger partial charge in [-0.15, -0.1) is 0 Å². The molecule has 0 unspecified atom stereocenters. The molecule has 0 spiro atoms. The second-order valence-corrected chi connectivity index (χ2v) is 7.08. The van der Waals surface area contributed by atoms with E-state index in [1.807, 2.05) is 12.4 Å². The van der Waals surface area contributed by atoms with Crippen LogP contribution in [-0.4, -0.2) is 11.0 Å². The molecule has 0 radical (unpaired) electrons. The molecule has 0 amide bonds. The van der Waals surface area contributed by atoms with Gasteiger partial charge in [-0.1, -0.05) is 63.2 Å². The zero-order chi connectivity index (χ0) is 17.5. The number of rotatable bonds is 8. The van der Waals surface area contributed by atoms with Gasteiger partial charge in [0.1, 0.15) is 0 Å². The van der Waals surface area contributed by atoms with E-state index >= 15 is 0 Å². The van der Waals surface area contributed by atoms with Crippen LogP contribution in [0.25, 0.3) is 10.8 Å². The summed E-state index contributed by atoms with van der Waals surface area (Å²) in [5.74, 6) is 0.641. The summed E-state index contributed by atoms with van der Waals surface area (Å²) >= 11 is 0. The molecule has 0 bridgehead atoms. The number of benzene rings is 2. The Hall–Kier alpha value is -2.19.